The average molecular weight is 257 g/mol. The minimum absolute atomic E-state index is 0.0284. The van der Waals surface area contributed by atoms with Gasteiger partial charge in [0.1, 0.15) is 11.8 Å². The van der Waals surface area contributed by atoms with Gasteiger partial charge < -0.3 is 9.15 Å². The van der Waals surface area contributed by atoms with Crippen molar-refractivity contribution < 1.29 is 13.9 Å². The van der Waals surface area contributed by atoms with Crippen molar-refractivity contribution in [1.82, 2.24) is 9.97 Å². The third-order valence-corrected chi connectivity index (χ3v) is 2.43. The van der Waals surface area contributed by atoms with Crippen LogP contribution in [0.5, 0.6) is 0 Å². The van der Waals surface area contributed by atoms with E-state index in [-0.39, 0.29) is 18.3 Å². The van der Waals surface area contributed by atoms with Crippen molar-refractivity contribution in [2.75, 3.05) is 6.61 Å². The van der Waals surface area contributed by atoms with E-state index in [1.54, 1.807) is 19.9 Å². The number of aryl methyl sites for hydroxylation is 1. The Morgan fingerprint density at radius 3 is 2.89 bits per heavy atom. The Morgan fingerprint density at radius 2 is 2.26 bits per heavy atom. The van der Waals surface area contributed by atoms with Crippen molar-refractivity contribution in [2.45, 2.75) is 13.8 Å². The molecule has 0 aliphatic carbocycles. The van der Waals surface area contributed by atoms with Crippen LogP contribution in [0.2, 0.25) is 0 Å². The number of ether oxygens (including phenoxy) is 1. The molecular weight excluding hydrogens is 246 g/mol. The second-order valence-corrected chi connectivity index (χ2v) is 3.75. The summed E-state index contributed by atoms with van der Waals surface area (Å²) in [6.45, 7) is 3.77. The van der Waals surface area contributed by atoms with Crippen molar-refractivity contribution in [3.8, 4) is 17.7 Å². The topological polar surface area (TPSA) is 89.0 Å². The zero-order valence-electron chi connectivity index (χ0n) is 10.5. The molecule has 0 fully saturated rings. The lowest BCUT2D eigenvalue weighted by molar-refractivity contribution is 0.0491. The Kier molecular flexibility index (Phi) is 3.57. The highest BCUT2D eigenvalue weighted by molar-refractivity contribution is 5.86. The molecule has 6 heteroatoms. The largest absolute Gasteiger partial charge is 0.460 e. The van der Waals surface area contributed by atoms with E-state index in [9.17, 15) is 4.79 Å². The third kappa shape index (κ3) is 2.60. The van der Waals surface area contributed by atoms with E-state index in [0.29, 0.717) is 11.3 Å². The molecule has 0 aromatic carbocycles. The fraction of sp³-hybridized carbons (Fsp3) is 0.231. The van der Waals surface area contributed by atoms with E-state index in [2.05, 4.69) is 9.97 Å². The first-order valence-electron chi connectivity index (χ1n) is 5.65. The lowest BCUT2D eigenvalue weighted by Gasteiger charge is -1.99. The molecule has 2 aromatic heterocycles. The molecule has 0 N–H and O–H groups in total. The number of hydrogen-bond donors (Lipinski definition) is 0. The molecule has 0 aliphatic rings. The number of oxazole rings is 1. The molecule has 96 valence electrons. The molecule has 2 heterocycles. The number of nitriles is 1. The summed E-state index contributed by atoms with van der Waals surface area (Å²) < 4.78 is 10.1. The summed E-state index contributed by atoms with van der Waals surface area (Å²) in [7, 11) is 0. The summed E-state index contributed by atoms with van der Waals surface area (Å²) >= 11 is 0. The summed E-state index contributed by atoms with van der Waals surface area (Å²) in [6, 6.07) is 3.71. The fourth-order valence-corrected chi connectivity index (χ4v) is 1.48. The quantitative estimate of drug-likeness (QED) is 0.782. The van der Waals surface area contributed by atoms with Crippen molar-refractivity contribution in [3.63, 3.8) is 0 Å². The Morgan fingerprint density at radius 1 is 1.47 bits per heavy atom. The molecule has 0 spiro atoms. The second kappa shape index (κ2) is 5.31. The van der Waals surface area contributed by atoms with Crippen LogP contribution in [0.15, 0.2) is 22.9 Å². The van der Waals surface area contributed by atoms with Crippen LogP contribution in [0.25, 0.3) is 11.6 Å². The van der Waals surface area contributed by atoms with Gasteiger partial charge in [0.25, 0.3) is 0 Å². The van der Waals surface area contributed by atoms with Crippen LogP contribution in [0.1, 0.15) is 28.6 Å². The van der Waals surface area contributed by atoms with Crippen LogP contribution < -0.4 is 0 Å². The minimum Gasteiger partial charge on any atom is -0.460 e. The van der Waals surface area contributed by atoms with Crippen LogP contribution >= 0.6 is 0 Å². The predicted molar refractivity (Wildman–Crippen MR) is 65.1 cm³/mol. The van der Waals surface area contributed by atoms with Gasteiger partial charge in [0, 0.05) is 6.20 Å². The van der Waals surface area contributed by atoms with Crippen LogP contribution in [0, 0.1) is 18.3 Å². The number of hydrogen-bond acceptors (Lipinski definition) is 6. The van der Waals surface area contributed by atoms with Crippen LogP contribution in [-0.2, 0) is 4.74 Å². The van der Waals surface area contributed by atoms with Gasteiger partial charge in [-0.1, -0.05) is 0 Å². The normalized spacial score (nSPS) is 9.95. The second-order valence-electron chi connectivity index (χ2n) is 3.75. The van der Waals surface area contributed by atoms with E-state index in [4.69, 9.17) is 14.4 Å². The lowest BCUT2D eigenvalue weighted by atomic mass is 10.1. The number of pyridine rings is 1. The van der Waals surface area contributed by atoms with Crippen molar-refractivity contribution >= 4 is 5.97 Å². The standard InChI is InChI=1S/C13H11N3O3/c1-3-18-13(17)11-7-16-12(19-11)10-4-8(2)9(5-14)6-15-10/h4,6-7H,3H2,1-2H3. The molecule has 0 saturated carbocycles. The van der Waals surface area contributed by atoms with E-state index in [0.717, 1.165) is 5.56 Å². The molecule has 0 saturated heterocycles. The molecule has 19 heavy (non-hydrogen) atoms. The lowest BCUT2D eigenvalue weighted by Crippen LogP contribution is -2.02. The Bertz CT molecular complexity index is 655. The highest BCUT2D eigenvalue weighted by atomic mass is 16.5. The monoisotopic (exact) mass is 257 g/mol. The Hall–Kier alpha value is -2.68. The average Bonchev–Trinajstić information content (AvgIpc) is 2.88. The summed E-state index contributed by atoms with van der Waals surface area (Å²) in [6.07, 6.45) is 2.74. The van der Waals surface area contributed by atoms with Gasteiger partial charge >= 0.3 is 5.97 Å². The van der Waals surface area contributed by atoms with Crippen LogP contribution in [0.4, 0.5) is 0 Å². The number of aromatic nitrogens is 2. The molecule has 2 aromatic rings. The molecular formula is C13H11N3O3. The molecule has 2 rings (SSSR count). The van der Waals surface area contributed by atoms with Crippen molar-refractivity contribution in [2.24, 2.45) is 0 Å². The van der Waals surface area contributed by atoms with Crippen molar-refractivity contribution in [1.29, 1.82) is 5.26 Å². The molecule has 0 aliphatic heterocycles. The maximum Gasteiger partial charge on any atom is 0.375 e. The maximum absolute atomic E-state index is 11.4. The first-order valence-corrected chi connectivity index (χ1v) is 5.65. The molecule has 0 bridgehead atoms. The zero-order chi connectivity index (χ0) is 13.8. The smallest absolute Gasteiger partial charge is 0.375 e. The molecule has 0 unspecified atom stereocenters. The predicted octanol–water partition coefficient (Wildman–Crippen LogP) is 2.09. The Labute approximate surface area is 109 Å². The maximum atomic E-state index is 11.4. The highest BCUT2D eigenvalue weighted by Gasteiger charge is 2.15. The van der Waals surface area contributed by atoms with Gasteiger partial charge in [0.15, 0.2) is 0 Å². The van der Waals surface area contributed by atoms with E-state index < -0.39 is 5.97 Å². The summed E-state index contributed by atoms with van der Waals surface area (Å²) in [5.74, 6) is -0.317. The summed E-state index contributed by atoms with van der Waals surface area (Å²) in [5, 5.41) is 8.83. The van der Waals surface area contributed by atoms with Gasteiger partial charge in [-0.2, -0.15) is 5.26 Å². The highest BCUT2D eigenvalue weighted by Crippen LogP contribution is 2.19. The molecule has 0 radical (unpaired) electrons. The van der Waals surface area contributed by atoms with E-state index >= 15 is 0 Å². The Balaban J connectivity index is 2.31. The van der Waals surface area contributed by atoms with Crippen LogP contribution in [-0.4, -0.2) is 22.5 Å². The SMILES string of the molecule is CCOC(=O)c1cnc(-c2cc(C)c(C#N)cn2)o1. The summed E-state index contributed by atoms with van der Waals surface area (Å²) in [4.78, 5) is 19.5. The number of esters is 1. The fourth-order valence-electron chi connectivity index (χ4n) is 1.48. The van der Waals surface area contributed by atoms with Gasteiger partial charge in [-0.15, -0.1) is 0 Å². The number of nitrogens with zero attached hydrogens (tertiary/aromatic N) is 3. The zero-order valence-corrected chi connectivity index (χ0v) is 10.5. The molecule has 0 amide bonds. The molecule has 6 nitrogen and oxygen atoms in total. The van der Waals surface area contributed by atoms with E-state index in [1.807, 2.05) is 6.07 Å². The third-order valence-electron chi connectivity index (χ3n) is 2.43. The van der Waals surface area contributed by atoms with Gasteiger partial charge in [0.2, 0.25) is 11.7 Å². The van der Waals surface area contributed by atoms with Crippen LogP contribution in [0.3, 0.4) is 0 Å². The van der Waals surface area contributed by atoms with Crippen molar-refractivity contribution in [3.05, 3.63) is 35.3 Å². The molecule has 0 atom stereocenters. The number of carbonyl (C=O) groups excluding carboxylic acids is 1. The first kappa shape index (κ1) is 12.8. The minimum atomic E-state index is -0.563. The summed E-state index contributed by atoms with van der Waals surface area (Å²) in [5.41, 5.74) is 1.72. The number of carbonyl (C=O) groups is 1. The van der Waals surface area contributed by atoms with E-state index in [1.165, 1.54) is 12.4 Å². The van der Waals surface area contributed by atoms with Gasteiger partial charge in [-0.25, -0.2) is 14.8 Å². The first-order chi connectivity index (χ1) is 9.15. The number of rotatable bonds is 3. The van der Waals surface area contributed by atoms with Gasteiger partial charge in [-0.3, -0.25) is 0 Å². The van der Waals surface area contributed by atoms with Gasteiger partial charge in [0.05, 0.1) is 18.4 Å². The van der Waals surface area contributed by atoms with Gasteiger partial charge in [-0.05, 0) is 25.5 Å².